The van der Waals surface area contributed by atoms with E-state index in [1.54, 1.807) is 18.2 Å². The molecule has 0 fully saturated rings. The summed E-state index contributed by atoms with van der Waals surface area (Å²) in [4.78, 5) is 0. The van der Waals surface area contributed by atoms with Crippen LogP contribution in [-0.4, -0.2) is 10.2 Å². The molecule has 2 N–H and O–H groups in total. The summed E-state index contributed by atoms with van der Waals surface area (Å²) in [5, 5.41) is 10.4. The number of halogens is 1. The van der Waals surface area contributed by atoms with E-state index in [1.807, 2.05) is 24.3 Å². The average molecular weight is 279 g/mol. The molecule has 0 aliphatic carbocycles. The molecule has 4 nitrogen and oxygen atoms in total. The van der Waals surface area contributed by atoms with Gasteiger partial charge in [0.05, 0.1) is 0 Å². The van der Waals surface area contributed by atoms with Gasteiger partial charge in [0.15, 0.2) is 23.0 Å². The van der Waals surface area contributed by atoms with E-state index in [2.05, 4.69) is 10.2 Å². The molecule has 5 heteroatoms. The van der Waals surface area contributed by atoms with Crippen molar-refractivity contribution < 1.29 is 8.81 Å². The van der Waals surface area contributed by atoms with E-state index in [4.69, 9.17) is 10.2 Å². The minimum atomic E-state index is -0.397. The highest BCUT2D eigenvalue weighted by Gasteiger charge is 2.15. The summed E-state index contributed by atoms with van der Waals surface area (Å²) in [5.41, 5.74) is 6.61. The summed E-state index contributed by atoms with van der Waals surface area (Å²) in [6, 6.07) is 14.1. The van der Waals surface area contributed by atoms with Gasteiger partial charge in [0.2, 0.25) is 0 Å². The van der Waals surface area contributed by atoms with Gasteiger partial charge >= 0.3 is 0 Å². The van der Waals surface area contributed by atoms with Gasteiger partial charge in [-0.15, -0.1) is 10.2 Å². The molecule has 0 unspecified atom stereocenters. The zero-order valence-corrected chi connectivity index (χ0v) is 10.9. The molecular weight excluding hydrogens is 269 g/mol. The number of hydrogen-bond donors (Lipinski definition) is 1. The predicted octanol–water partition coefficient (Wildman–Crippen LogP) is 3.76. The smallest absolute Gasteiger partial charge is 0.170 e. The minimum Gasteiger partial charge on any atom is -0.451 e. The van der Waals surface area contributed by atoms with Crippen molar-refractivity contribution in [1.82, 2.24) is 10.2 Å². The van der Waals surface area contributed by atoms with E-state index >= 15 is 0 Å². The van der Waals surface area contributed by atoms with Crippen LogP contribution in [0.2, 0.25) is 0 Å². The maximum absolute atomic E-state index is 13.7. The lowest BCUT2D eigenvalue weighted by Gasteiger charge is -2.03. The van der Waals surface area contributed by atoms with Crippen molar-refractivity contribution in [2.24, 2.45) is 0 Å². The fourth-order valence-electron chi connectivity index (χ4n) is 2.45. The predicted molar refractivity (Wildman–Crippen MR) is 79.1 cm³/mol. The lowest BCUT2D eigenvalue weighted by molar-refractivity contribution is 0.567. The molecule has 102 valence electrons. The van der Waals surface area contributed by atoms with Crippen LogP contribution in [0.1, 0.15) is 0 Å². The SMILES string of the molecule is Nc1nnc(-c2cc3cccc(F)c3o2)c2ccccc12. The molecular formula is C16H10FN3O. The summed E-state index contributed by atoms with van der Waals surface area (Å²) < 4.78 is 19.4. The molecule has 0 amide bonds. The number of fused-ring (bicyclic) bond motifs is 2. The summed E-state index contributed by atoms with van der Waals surface area (Å²) in [6.45, 7) is 0. The molecule has 0 spiro atoms. The third-order valence-corrected chi connectivity index (χ3v) is 3.45. The molecule has 4 rings (SSSR count). The maximum atomic E-state index is 13.7. The molecule has 0 bridgehead atoms. The van der Waals surface area contributed by atoms with Gasteiger partial charge in [0.25, 0.3) is 0 Å². The van der Waals surface area contributed by atoms with E-state index in [0.717, 1.165) is 10.8 Å². The van der Waals surface area contributed by atoms with E-state index in [-0.39, 0.29) is 5.58 Å². The van der Waals surface area contributed by atoms with Crippen LogP contribution < -0.4 is 5.73 Å². The van der Waals surface area contributed by atoms with Gasteiger partial charge in [-0.3, -0.25) is 0 Å². The van der Waals surface area contributed by atoms with Gasteiger partial charge < -0.3 is 10.2 Å². The Morgan fingerprint density at radius 3 is 2.57 bits per heavy atom. The highest BCUT2D eigenvalue weighted by Crippen LogP contribution is 2.33. The highest BCUT2D eigenvalue weighted by atomic mass is 19.1. The van der Waals surface area contributed by atoms with Crippen molar-refractivity contribution in [1.29, 1.82) is 0 Å². The Labute approximate surface area is 119 Å². The molecule has 0 radical (unpaired) electrons. The van der Waals surface area contributed by atoms with Crippen LogP contribution >= 0.6 is 0 Å². The number of rotatable bonds is 1. The zero-order chi connectivity index (χ0) is 14.4. The topological polar surface area (TPSA) is 64.9 Å². The van der Waals surface area contributed by atoms with Crippen molar-refractivity contribution in [3.8, 4) is 11.5 Å². The number of hydrogen-bond acceptors (Lipinski definition) is 4. The van der Waals surface area contributed by atoms with Crippen LogP contribution in [0.15, 0.2) is 52.9 Å². The molecule has 21 heavy (non-hydrogen) atoms. The van der Waals surface area contributed by atoms with Crippen molar-refractivity contribution in [2.45, 2.75) is 0 Å². The van der Waals surface area contributed by atoms with Gasteiger partial charge in [-0.1, -0.05) is 36.4 Å². The largest absolute Gasteiger partial charge is 0.451 e. The van der Waals surface area contributed by atoms with Crippen LogP contribution in [0.25, 0.3) is 33.2 Å². The van der Waals surface area contributed by atoms with Gasteiger partial charge in [0, 0.05) is 16.2 Å². The zero-order valence-electron chi connectivity index (χ0n) is 10.9. The third kappa shape index (κ3) is 1.74. The van der Waals surface area contributed by atoms with Crippen LogP contribution in [-0.2, 0) is 0 Å². The fourth-order valence-corrected chi connectivity index (χ4v) is 2.45. The van der Waals surface area contributed by atoms with Crippen molar-refractivity contribution >= 4 is 27.6 Å². The Kier molecular flexibility index (Phi) is 2.41. The Morgan fingerprint density at radius 2 is 1.76 bits per heavy atom. The number of anilines is 1. The van der Waals surface area contributed by atoms with Gasteiger partial charge in [0.1, 0.15) is 5.69 Å². The first-order valence-corrected chi connectivity index (χ1v) is 6.43. The number of furan rings is 1. The second-order valence-corrected chi connectivity index (χ2v) is 4.75. The van der Waals surface area contributed by atoms with Crippen molar-refractivity contribution in [3.05, 3.63) is 54.3 Å². The van der Waals surface area contributed by atoms with Crippen LogP contribution in [0.3, 0.4) is 0 Å². The second kappa shape index (κ2) is 4.28. The quantitative estimate of drug-likeness (QED) is 0.576. The number of benzene rings is 2. The molecule has 0 saturated carbocycles. The Morgan fingerprint density at radius 1 is 0.952 bits per heavy atom. The lowest BCUT2D eigenvalue weighted by atomic mass is 10.1. The van der Waals surface area contributed by atoms with Gasteiger partial charge in [-0.25, -0.2) is 4.39 Å². The molecule has 0 aliphatic heterocycles. The average Bonchev–Trinajstić information content (AvgIpc) is 2.93. The maximum Gasteiger partial charge on any atom is 0.170 e. The van der Waals surface area contributed by atoms with E-state index < -0.39 is 5.82 Å². The standard InChI is InChI=1S/C16H10FN3O/c17-12-7-3-4-9-8-13(21-15(9)12)14-10-5-1-2-6-11(10)16(18)20-19-14/h1-8H,(H2,18,20). The van der Waals surface area contributed by atoms with Crippen LogP contribution in [0.4, 0.5) is 10.2 Å². The number of nitrogens with zero attached hydrogens (tertiary/aromatic N) is 2. The Hall–Kier alpha value is -2.95. The van der Waals surface area contributed by atoms with E-state index in [0.29, 0.717) is 22.7 Å². The summed E-state index contributed by atoms with van der Waals surface area (Å²) in [6.07, 6.45) is 0. The summed E-state index contributed by atoms with van der Waals surface area (Å²) in [5.74, 6) is 0.432. The number of aromatic nitrogens is 2. The normalized spacial score (nSPS) is 11.3. The molecule has 2 aromatic heterocycles. The van der Waals surface area contributed by atoms with Gasteiger partial charge in [-0.2, -0.15) is 0 Å². The number of para-hydroxylation sites is 1. The first-order valence-electron chi connectivity index (χ1n) is 6.43. The van der Waals surface area contributed by atoms with Crippen molar-refractivity contribution in [2.75, 3.05) is 5.73 Å². The monoisotopic (exact) mass is 279 g/mol. The molecule has 4 aromatic rings. The van der Waals surface area contributed by atoms with Crippen molar-refractivity contribution in [3.63, 3.8) is 0 Å². The molecule has 2 heterocycles. The Balaban J connectivity index is 2.05. The molecule has 0 atom stereocenters. The summed E-state index contributed by atoms with van der Waals surface area (Å²) in [7, 11) is 0. The molecule has 0 aliphatic rings. The third-order valence-electron chi connectivity index (χ3n) is 3.45. The van der Waals surface area contributed by atoms with E-state index in [1.165, 1.54) is 6.07 Å². The van der Waals surface area contributed by atoms with Crippen LogP contribution in [0, 0.1) is 5.82 Å². The van der Waals surface area contributed by atoms with E-state index in [9.17, 15) is 4.39 Å². The fraction of sp³-hybridized carbons (Fsp3) is 0. The lowest BCUT2D eigenvalue weighted by Crippen LogP contribution is -1.96. The second-order valence-electron chi connectivity index (χ2n) is 4.75. The molecule has 0 saturated heterocycles. The first kappa shape index (κ1) is 11.8. The number of nitrogens with two attached hydrogens (primary N) is 1. The highest BCUT2D eigenvalue weighted by molar-refractivity contribution is 5.99. The number of nitrogen functional groups attached to an aromatic ring is 1. The molecule has 2 aromatic carbocycles. The summed E-state index contributed by atoms with van der Waals surface area (Å²) >= 11 is 0. The minimum absolute atomic E-state index is 0.218. The van der Waals surface area contributed by atoms with Crippen LogP contribution in [0.5, 0.6) is 0 Å². The Bertz CT molecular complexity index is 978. The first-order chi connectivity index (χ1) is 10.2. The van der Waals surface area contributed by atoms with Gasteiger partial charge in [-0.05, 0) is 12.1 Å².